The smallest absolute Gasteiger partial charge is 0.342 e. The maximum Gasteiger partial charge on any atom is 0.416 e. The second kappa shape index (κ2) is 7.33. The molecule has 2 fully saturated rings. The van der Waals surface area contributed by atoms with Gasteiger partial charge >= 0.3 is 12.2 Å². The molecule has 1 aromatic rings. The second-order valence-electron chi connectivity index (χ2n) is 7.34. The SMILES string of the molecule is CC(C)[C@@H]1NC(=O)[C@@H]2C[C@H](NC(=O)Nc3ccc(C(F)(F)F)cc3)CN2C1=O. The fraction of sp³-hybridized carbons (Fsp3) is 0.500. The topological polar surface area (TPSA) is 90.5 Å². The summed E-state index contributed by atoms with van der Waals surface area (Å²) in [5.74, 6) is -0.467. The molecule has 2 saturated heterocycles. The number of nitrogens with one attached hydrogen (secondary N) is 3. The molecule has 0 aliphatic carbocycles. The van der Waals surface area contributed by atoms with Crippen LogP contribution in [0.25, 0.3) is 0 Å². The lowest BCUT2D eigenvalue weighted by Gasteiger charge is -2.36. The van der Waals surface area contributed by atoms with E-state index in [-0.39, 0.29) is 36.4 Å². The third-order valence-electron chi connectivity index (χ3n) is 4.92. The second-order valence-corrected chi connectivity index (χ2v) is 7.34. The van der Waals surface area contributed by atoms with Gasteiger partial charge in [0.2, 0.25) is 11.8 Å². The molecule has 3 N–H and O–H groups in total. The van der Waals surface area contributed by atoms with Gasteiger partial charge in [-0.1, -0.05) is 13.8 Å². The Morgan fingerprint density at radius 2 is 1.86 bits per heavy atom. The highest BCUT2D eigenvalue weighted by Crippen LogP contribution is 2.30. The minimum absolute atomic E-state index is 0.0487. The number of halogens is 3. The number of hydrogen-bond donors (Lipinski definition) is 3. The molecule has 7 nitrogen and oxygen atoms in total. The highest BCUT2D eigenvalue weighted by atomic mass is 19.4. The van der Waals surface area contributed by atoms with Crippen LogP contribution in [0.2, 0.25) is 0 Å². The van der Waals surface area contributed by atoms with E-state index in [1.165, 1.54) is 4.90 Å². The Balaban J connectivity index is 1.59. The zero-order chi connectivity index (χ0) is 20.6. The highest BCUT2D eigenvalue weighted by Gasteiger charge is 2.47. The van der Waals surface area contributed by atoms with Crippen LogP contribution in [0.5, 0.6) is 0 Å². The van der Waals surface area contributed by atoms with Crippen molar-refractivity contribution < 1.29 is 27.6 Å². The summed E-state index contributed by atoms with van der Waals surface area (Å²) in [7, 11) is 0. The minimum Gasteiger partial charge on any atom is -0.342 e. The lowest BCUT2D eigenvalue weighted by molar-refractivity contribution is -0.148. The molecule has 10 heteroatoms. The number of piperazine rings is 1. The van der Waals surface area contributed by atoms with Crippen LogP contribution in [0.1, 0.15) is 25.8 Å². The molecule has 152 valence electrons. The molecule has 0 unspecified atom stereocenters. The van der Waals surface area contributed by atoms with Crippen LogP contribution in [0, 0.1) is 5.92 Å². The molecule has 2 aliphatic heterocycles. The van der Waals surface area contributed by atoms with E-state index in [0.717, 1.165) is 24.3 Å². The summed E-state index contributed by atoms with van der Waals surface area (Å²) in [6, 6.07) is 1.82. The monoisotopic (exact) mass is 398 g/mol. The van der Waals surface area contributed by atoms with E-state index in [9.17, 15) is 27.6 Å². The summed E-state index contributed by atoms with van der Waals surface area (Å²) >= 11 is 0. The number of nitrogens with zero attached hydrogens (tertiary/aromatic N) is 1. The van der Waals surface area contributed by atoms with Crippen LogP contribution in [0.15, 0.2) is 24.3 Å². The van der Waals surface area contributed by atoms with E-state index in [0.29, 0.717) is 0 Å². The highest BCUT2D eigenvalue weighted by molar-refractivity contribution is 5.98. The van der Waals surface area contributed by atoms with Crippen molar-refractivity contribution in [2.45, 2.75) is 44.6 Å². The van der Waals surface area contributed by atoms with E-state index in [4.69, 9.17) is 0 Å². The van der Waals surface area contributed by atoms with E-state index in [1.54, 1.807) is 0 Å². The minimum atomic E-state index is -4.45. The number of fused-ring (bicyclic) bond motifs is 1. The largest absolute Gasteiger partial charge is 0.416 e. The predicted octanol–water partition coefficient (Wildman–Crippen LogP) is 1.95. The number of amides is 4. The quantitative estimate of drug-likeness (QED) is 0.727. The van der Waals surface area contributed by atoms with E-state index >= 15 is 0 Å². The first-order valence-corrected chi connectivity index (χ1v) is 8.92. The molecule has 1 aromatic carbocycles. The van der Waals surface area contributed by atoms with Gasteiger partial charge in [-0.2, -0.15) is 13.2 Å². The molecule has 3 atom stereocenters. The molecule has 0 saturated carbocycles. The summed E-state index contributed by atoms with van der Waals surface area (Å²) < 4.78 is 37.7. The number of anilines is 1. The first-order chi connectivity index (χ1) is 13.1. The van der Waals surface area contributed by atoms with Gasteiger partial charge in [-0.3, -0.25) is 9.59 Å². The Hall–Kier alpha value is -2.78. The van der Waals surface area contributed by atoms with Crippen LogP contribution in [-0.4, -0.2) is 47.4 Å². The molecule has 28 heavy (non-hydrogen) atoms. The average molecular weight is 398 g/mol. The maximum atomic E-state index is 12.6. The van der Waals surface area contributed by atoms with Crippen LogP contribution in [0.4, 0.5) is 23.7 Å². The van der Waals surface area contributed by atoms with Crippen molar-refractivity contribution in [1.29, 1.82) is 0 Å². The molecule has 2 heterocycles. The lowest BCUT2D eigenvalue weighted by Crippen LogP contribution is -2.62. The van der Waals surface area contributed by atoms with Crippen molar-refractivity contribution >= 4 is 23.5 Å². The Labute approximate surface area is 159 Å². The Morgan fingerprint density at radius 3 is 2.43 bits per heavy atom. The van der Waals surface area contributed by atoms with Crippen LogP contribution < -0.4 is 16.0 Å². The summed E-state index contributed by atoms with van der Waals surface area (Å²) in [5, 5.41) is 7.84. The number of urea groups is 1. The molecule has 3 rings (SSSR count). The van der Waals surface area contributed by atoms with Crippen molar-refractivity contribution in [2.24, 2.45) is 5.92 Å². The van der Waals surface area contributed by atoms with Gasteiger partial charge in [0.15, 0.2) is 0 Å². The normalized spacial score (nSPS) is 24.8. The van der Waals surface area contributed by atoms with Gasteiger partial charge in [0.1, 0.15) is 12.1 Å². The van der Waals surface area contributed by atoms with Crippen molar-refractivity contribution in [3.63, 3.8) is 0 Å². The van der Waals surface area contributed by atoms with Crippen molar-refractivity contribution in [1.82, 2.24) is 15.5 Å². The number of carbonyl (C=O) groups is 3. The fourth-order valence-electron chi connectivity index (χ4n) is 3.47. The van der Waals surface area contributed by atoms with Gasteiger partial charge in [-0.15, -0.1) is 0 Å². The number of alkyl halides is 3. The number of carbonyl (C=O) groups excluding carboxylic acids is 3. The summed E-state index contributed by atoms with van der Waals surface area (Å²) in [4.78, 5) is 38.4. The van der Waals surface area contributed by atoms with Crippen molar-refractivity contribution in [2.75, 3.05) is 11.9 Å². The standard InChI is InChI=1S/C18H21F3N4O3/c1-9(2)14-16(27)25-8-12(7-13(25)15(26)24-14)23-17(28)22-11-5-3-10(4-6-11)18(19,20)21/h3-6,9,12-14H,7-8H2,1-2H3,(H,24,26)(H2,22,23,28)/t12-,13-,14-/m0/s1. The molecule has 0 radical (unpaired) electrons. The Bertz CT molecular complexity index is 779. The van der Waals surface area contributed by atoms with Gasteiger partial charge in [-0.05, 0) is 36.6 Å². The van der Waals surface area contributed by atoms with E-state index < -0.39 is 35.9 Å². The summed E-state index contributed by atoms with van der Waals surface area (Å²) in [6.45, 7) is 3.89. The van der Waals surface area contributed by atoms with Crippen molar-refractivity contribution in [3.05, 3.63) is 29.8 Å². The first-order valence-electron chi connectivity index (χ1n) is 8.92. The van der Waals surface area contributed by atoms with Gasteiger partial charge in [0.05, 0.1) is 11.6 Å². The van der Waals surface area contributed by atoms with Gasteiger partial charge in [0.25, 0.3) is 0 Å². The number of hydrogen-bond acceptors (Lipinski definition) is 3. The molecule has 0 bridgehead atoms. The zero-order valence-corrected chi connectivity index (χ0v) is 15.3. The van der Waals surface area contributed by atoms with Crippen LogP contribution >= 0.6 is 0 Å². The molecular formula is C18H21F3N4O3. The Kier molecular flexibility index (Phi) is 5.22. The Morgan fingerprint density at radius 1 is 1.21 bits per heavy atom. The summed E-state index contributed by atoms with van der Waals surface area (Å²) in [5.41, 5.74) is -0.606. The molecular weight excluding hydrogens is 377 g/mol. The van der Waals surface area contributed by atoms with Gasteiger partial charge in [0, 0.05) is 12.2 Å². The third kappa shape index (κ3) is 4.05. The molecule has 4 amide bonds. The lowest BCUT2D eigenvalue weighted by atomic mass is 9.98. The van der Waals surface area contributed by atoms with Crippen LogP contribution in [-0.2, 0) is 15.8 Å². The summed E-state index contributed by atoms with van der Waals surface area (Å²) in [6.07, 6.45) is -4.17. The van der Waals surface area contributed by atoms with E-state index in [2.05, 4.69) is 16.0 Å². The number of rotatable bonds is 3. The first kappa shape index (κ1) is 20.0. The van der Waals surface area contributed by atoms with E-state index in [1.807, 2.05) is 13.8 Å². The van der Waals surface area contributed by atoms with Gasteiger partial charge in [-0.25, -0.2) is 4.79 Å². The maximum absolute atomic E-state index is 12.6. The average Bonchev–Trinajstić information content (AvgIpc) is 3.02. The molecule has 0 spiro atoms. The predicted molar refractivity (Wildman–Crippen MR) is 94.3 cm³/mol. The molecule has 0 aromatic heterocycles. The molecule has 2 aliphatic rings. The van der Waals surface area contributed by atoms with Gasteiger partial charge < -0.3 is 20.9 Å². The zero-order valence-electron chi connectivity index (χ0n) is 15.3. The third-order valence-corrected chi connectivity index (χ3v) is 4.92. The number of benzene rings is 1. The van der Waals surface area contributed by atoms with Crippen molar-refractivity contribution in [3.8, 4) is 0 Å². The fourth-order valence-corrected chi connectivity index (χ4v) is 3.47. The van der Waals surface area contributed by atoms with Crippen LogP contribution in [0.3, 0.4) is 0 Å².